The van der Waals surface area contributed by atoms with Crippen molar-refractivity contribution in [2.75, 3.05) is 11.9 Å². The average Bonchev–Trinajstić information content (AvgIpc) is 3.15. The minimum Gasteiger partial charge on any atom is -0.354 e. The molecule has 0 bridgehead atoms. The molecule has 0 unspecified atom stereocenters. The molecule has 31 heavy (non-hydrogen) atoms. The first-order valence-electron chi connectivity index (χ1n) is 10.3. The third-order valence-electron chi connectivity index (χ3n) is 5.48. The fourth-order valence-electron chi connectivity index (χ4n) is 3.99. The molecule has 0 radical (unpaired) electrons. The fourth-order valence-corrected chi connectivity index (χ4v) is 3.99. The van der Waals surface area contributed by atoms with Crippen LogP contribution < -0.4 is 5.32 Å². The third-order valence-corrected chi connectivity index (χ3v) is 5.48. The van der Waals surface area contributed by atoms with Gasteiger partial charge in [-0.15, -0.1) is 0 Å². The summed E-state index contributed by atoms with van der Waals surface area (Å²) in [4.78, 5) is 12.9. The normalized spacial score (nSPS) is 15.2. The van der Waals surface area contributed by atoms with Crippen LogP contribution in [0.1, 0.15) is 32.1 Å². The molecule has 3 aromatic rings. The molecule has 1 N–H and O–H groups in total. The average molecular weight is 433 g/mol. The van der Waals surface area contributed by atoms with E-state index in [0.717, 1.165) is 30.3 Å². The predicted molar refractivity (Wildman–Crippen MR) is 110 cm³/mol. The molecule has 9 heteroatoms. The van der Waals surface area contributed by atoms with E-state index in [0.29, 0.717) is 28.8 Å². The lowest BCUT2D eigenvalue weighted by Gasteiger charge is -2.21. The van der Waals surface area contributed by atoms with Gasteiger partial charge in [0.15, 0.2) is 0 Å². The molecule has 2 aromatic heterocycles. The quantitative estimate of drug-likeness (QED) is 0.507. The first-order chi connectivity index (χ1) is 14.9. The number of halogens is 4. The van der Waals surface area contributed by atoms with Crippen LogP contribution in [0, 0.1) is 11.7 Å². The molecule has 1 fully saturated rings. The predicted octanol–water partition coefficient (Wildman–Crippen LogP) is 5.70. The largest absolute Gasteiger partial charge is 0.406 e. The van der Waals surface area contributed by atoms with E-state index < -0.39 is 18.5 Å². The van der Waals surface area contributed by atoms with Crippen molar-refractivity contribution < 1.29 is 17.6 Å². The number of hydrogen-bond acceptors (Lipinski definition) is 4. The van der Waals surface area contributed by atoms with Crippen molar-refractivity contribution in [3.05, 3.63) is 48.7 Å². The van der Waals surface area contributed by atoms with E-state index in [2.05, 4.69) is 20.3 Å². The van der Waals surface area contributed by atoms with E-state index in [1.165, 1.54) is 49.7 Å². The minimum absolute atomic E-state index is 0.215. The number of anilines is 1. The van der Waals surface area contributed by atoms with Gasteiger partial charge in [0.05, 0.1) is 23.4 Å². The molecule has 5 nitrogen and oxygen atoms in total. The Kier molecular flexibility index (Phi) is 6.20. The van der Waals surface area contributed by atoms with Gasteiger partial charge in [-0.25, -0.2) is 19.3 Å². The van der Waals surface area contributed by atoms with Gasteiger partial charge in [0.1, 0.15) is 12.4 Å². The zero-order valence-corrected chi connectivity index (χ0v) is 16.9. The van der Waals surface area contributed by atoms with Gasteiger partial charge < -0.3 is 9.88 Å². The second-order valence-corrected chi connectivity index (χ2v) is 7.84. The number of nitrogens with one attached hydrogen (secondary N) is 1. The van der Waals surface area contributed by atoms with Crippen LogP contribution in [-0.4, -0.2) is 32.2 Å². The molecule has 4 rings (SSSR count). The lowest BCUT2D eigenvalue weighted by Crippen LogP contribution is -2.19. The molecule has 0 saturated heterocycles. The first kappa shape index (κ1) is 21.3. The highest BCUT2D eigenvalue weighted by atomic mass is 19.4. The molecular weight excluding hydrogens is 410 g/mol. The molecule has 1 saturated carbocycles. The van der Waals surface area contributed by atoms with E-state index in [4.69, 9.17) is 0 Å². The summed E-state index contributed by atoms with van der Waals surface area (Å²) in [6, 6.07) is 7.03. The molecule has 0 spiro atoms. The van der Waals surface area contributed by atoms with Crippen molar-refractivity contribution in [2.24, 2.45) is 5.92 Å². The molecular formula is C22H23F4N5. The highest BCUT2D eigenvalue weighted by Gasteiger charge is 2.30. The first-order valence-corrected chi connectivity index (χ1v) is 10.3. The molecule has 1 aromatic carbocycles. The highest BCUT2D eigenvalue weighted by molar-refractivity contribution is 5.77. The van der Waals surface area contributed by atoms with Crippen molar-refractivity contribution in [3.8, 4) is 22.6 Å². The van der Waals surface area contributed by atoms with Gasteiger partial charge >= 0.3 is 6.18 Å². The molecule has 164 valence electrons. The van der Waals surface area contributed by atoms with Crippen LogP contribution >= 0.6 is 0 Å². The number of imidazole rings is 1. The van der Waals surface area contributed by atoms with Gasteiger partial charge in [0, 0.05) is 18.3 Å². The Morgan fingerprint density at radius 2 is 1.74 bits per heavy atom. The molecule has 1 aliphatic rings. The maximum absolute atomic E-state index is 13.3. The van der Waals surface area contributed by atoms with Crippen molar-refractivity contribution in [2.45, 2.75) is 44.8 Å². The fraction of sp³-hybridized carbons (Fsp3) is 0.409. The summed E-state index contributed by atoms with van der Waals surface area (Å²) < 4.78 is 53.9. The summed E-state index contributed by atoms with van der Waals surface area (Å²) in [6.07, 6.45) is 4.22. The third kappa shape index (κ3) is 5.39. The van der Waals surface area contributed by atoms with Gasteiger partial charge in [0.25, 0.3) is 0 Å². The van der Waals surface area contributed by atoms with Crippen molar-refractivity contribution >= 4 is 5.95 Å². The van der Waals surface area contributed by atoms with E-state index in [9.17, 15) is 17.6 Å². The van der Waals surface area contributed by atoms with Gasteiger partial charge in [-0.05, 0) is 49.1 Å². The van der Waals surface area contributed by atoms with E-state index in [1.54, 1.807) is 6.07 Å². The monoisotopic (exact) mass is 433 g/mol. The number of rotatable bonds is 6. The van der Waals surface area contributed by atoms with Gasteiger partial charge in [-0.2, -0.15) is 13.2 Å². The second kappa shape index (κ2) is 9.03. The molecule has 2 heterocycles. The van der Waals surface area contributed by atoms with Crippen LogP contribution in [0.2, 0.25) is 0 Å². The Morgan fingerprint density at radius 1 is 1.00 bits per heavy atom. The highest BCUT2D eigenvalue weighted by Crippen LogP contribution is 2.33. The Hall–Kier alpha value is -2.97. The van der Waals surface area contributed by atoms with E-state index >= 15 is 0 Å². The van der Waals surface area contributed by atoms with Crippen molar-refractivity contribution in [1.82, 2.24) is 19.5 Å². The van der Waals surface area contributed by atoms with Gasteiger partial charge in [0.2, 0.25) is 5.95 Å². The zero-order valence-electron chi connectivity index (χ0n) is 16.9. The Morgan fingerprint density at radius 3 is 2.45 bits per heavy atom. The number of aromatic nitrogens is 4. The standard InChI is InChI=1S/C22H23F4N5/c23-17-8-6-16(7-9-17)19-20(31(14-29-19)13-22(24,25)26)18-10-11-27-21(30-18)28-12-15-4-2-1-3-5-15/h6-11,14-15H,1-5,12-13H2,(H,27,28,30). The number of hydrogen-bond donors (Lipinski definition) is 1. The minimum atomic E-state index is -4.43. The molecule has 1 aliphatic carbocycles. The Bertz CT molecular complexity index is 1010. The van der Waals surface area contributed by atoms with Crippen LogP contribution in [0.5, 0.6) is 0 Å². The maximum atomic E-state index is 13.3. The second-order valence-electron chi connectivity index (χ2n) is 7.84. The van der Waals surface area contributed by atoms with Crippen LogP contribution in [0.4, 0.5) is 23.5 Å². The van der Waals surface area contributed by atoms with E-state index in [1.807, 2.05) is 0 Å². The number of alkyl halides is 3. The summed E-state index contributed by atoms with van der Waals surface area (Å²) in [5.74, 6) is 0.482. The lowest BCUT2D eigenvalue weighted by molar-refractivity contribution is -0.140. The van der Waals surface area contributed by atoms with Crippen LogP contribution in [0.25, 0.3) is 22.6 Å². The SMILES string of the molecule is Fc1ccc(-c2ncn(CC(F)(F)F)c2-c2ccnc(NCC3CCCCC3)n2)cc1. The Labute approximate surface area is 177 Å². The summed E-state index contributed by atoms with van der Waals surface area (Å²) in [5.41, 5.74) is 1.35. The lowest BCUT2D eigenvalue weighted by atomic mass is 9.89. The van der Waals surface area contributed by atoms with Crippen molar-refractivity contribution in [1.29, 1.82) is 0 Å². The van der Waals surface area contributed by atoms with Gasteiger partial charge in [-0.1, -0.05) is 19.3 Å². The molecule has 0 atom stereocenters. The number of benzene rings is 1. The summed E-state index contributed by atoms with van der Waals surface area (Å²) in [5, 5.41) is 3.23. The summed E-state index contributed by atoms with van der Waals surface area (Å²) in [7, 11) is 0. The van der Waals surface area contributed by atoms with Crippen molar-refractivity contribution in [3.63, 3.8) is 0 Å². The molecule has 0 amide bonds. The zero-order chi connectivity index (χ0) is 21.8. The topological polar surface area (TPSA) is 55.6 Å². The van der Waals surface area contributed by atoms with Crippen LogP contribution in [0.15, 0.2) is 42.9 Å². The summed E-state index contributed by atoms with van der Waals surface area (Å²) >= 11 is 0. The molecule has 0 aliphatic heterocycles. The van der Waals surface area contributed by atoms with E-state index in [-0.39, 0.29) is 5.69 Å². The van der Waals surface area contributed by atoms with Crippen LogP contribution in [-0.2, 0) is 6.54 Å². The smallest absolute Gasteiger partial charge is 0.354 e. The maximum Gasteiger partial charge on any atom is 0.406 e. The van der Waals surface area contributed by atoms with Crippen LogP contribution in [0.3, 0.4) is 0 Å². The Balaban J connectivity index is 1.66. The number of nitrogens with zero attached hydrogens (tertiary/aromatic N) is 4. The summed E-state index contributed by atoms with van der Waals surface area (Å²) in [6.45, 7) is -0.471. The van der Waals surface area contributed by atoms with Gasteiger partial charge in [-0.3, -0.25) is 0 Å².